The summed E-state index contributed by atoms with van der Waals surface area (Å²) in [6.45, 7) is 0.138. The molecule has 2 saturated heterocycles. The van der Waals surface area contributed by atoms with Crippen LogP contribution < -0.4 is 5.32 Å². The zero-order valence-electron chi connectivity index (χ0n) is 13.4. The Morgan fingerprint density at radius 1 is 1.42 bits per heavy atom. The normalized spacial score (nSPS) is 28.1. The van der Waals surface area contributed by atoms with Gasteiger partial charge < -0.3 is 15.0 Å². The van der Waals surface area contributed by atoms with E-state index in [2.05, 4.69) is 10.4 Å². The van der Waals surface area contributed by atoms with Crippen LogP contribution in [-0.2, 0) is 16.6 Å². The van der Waals surface area contributed by atoms with Crippen LogP contribution in [0.1, 0.15) is 24.5 Å². The molecule has 0 aromatic carbocycles. The summed E-state index contributed by atoms with van der Waals surface area (Å²) >= 11 is 0. The fraction of sp³-hybridized carbons (Fsp3) is 0.733. The Bertz CT molecular complexity index is 590. The lowest BCUT2D eigenvalue weighted by Crippen LogP contribution is -2.43. The summed E-state index contributed by atoms with van der Waals surface area (Å²) < 4.78 is 44.8. The Labute approximate surface area is 137 Å². The number of alkyl halides is 3. The molecule has 3 heterocycles. The van der Waals surface area contributed by atoms with Gasteiger partial charge in [0.05, 0.1) is 18.3 Å². The third-order valence-electron chi connectivity index (χ3n) is 4.56. The highest BCUT2D eigenvalue weighted by atomic mass is 19.4. The van der Waals surface area contributed by atoms with E-state index in [4.69, 9.17) is 4.74 Å². The maximum Gasteiger partial charge on any atom is 0.406 e. The summed E-state index contributed by atoms with van der Waals surface area (Å²) in [5.41, 5.74) is 0.984. The molecular formula is C15H21F3N4O2. The molecule has 9 heteroatoms. The number of carbonyl (C=O) groups is 1. The van der Waals surface area contributed by atoms with Gasteiger partial charge in [-0.1, -0.05) is 0 Å². The van der Waals surface area contributed by atoms with E-state index < -0.39 is 24.7 Å². The first-order chi connectivity index (χ1) is 11.3. The predicted octanol–water partition coefficient (Wildman–Crippen LogP) is 1.25. The number of ether oxygens (including phenoxy) is 1. The van der Waals surface area contributed by atoms with Crippen molar-refractivity contribution in [2.45, 2.75) is 31.2 Å². The topological polar surface area (TPSA) is 59.4 Å². The van der Waals surface area contributed by atoms with Gasteiger partial charge in [0.1, 0.15) is 6.54 Å². The van der Waals surface area contributed by atoms with Crippen molar-refractivity contribution in [3.05, 3.63) is 18.0 Å². The van der Waals surface area contributed by atoms with Crippen LogP contribution in [0.4, 0.5) is 13.2 Å². The van der Waals surface area contributed by atoms with Gasteiger partial charge in [0.2, 0.25) is 5.91 Å². The van der Waals surface area contributed by atoms with Crippen molar-refractivity contribution in [1.82, 2.24) is 20.0 Å². The Kier molecular flexibility index (Phi) is 4.82. The number of likely N-dealkylation sites (tertiary alicyclic amines) is 1. The highest BCUT2D eigenvalue weighted by Crippen LogP contribution is 2.34. The first kappa shape index (κ1) is 17.2. The first-order valence-corrected chi connectivity index (χ1v) is 8.02. The molecule has 2 aliphatic heterocycles. The number of rotatable bonds is 5. The fourth-order valence-electron chi connectivity index (χ4n) is 3.39. The van der Waals surface area contributed by atoms with E-state index in [9.17, 15) is 18.0 Å². The minimum absolute atomic E-state index is 0.0889. The van der Waals surface area contributed by atoms with E-state index in [1.807, 2.05) is 13.2 Å². The molecule has 3 atom stereocenters. The Balaban J connectivity index is 1.53. The van der Waals surface area contributed by atoms with Crippen molar-refractivity contribution in [1.29, 1.82) is 0 Å². The van der Waals surface area contributed by atoms with Gasteiger partial charge in [0, 0.05) is 44.4 Å². The molecule has 0 unspecified atom stereocenters. The van der Waals surface area contributed by atoms with Gasteiger partial charge in [-0.2, -0.15) is 18.3 Å². The van der Waals surface area contributed by atoms with Gasteiger partial charge in [-0.3, -0.25) is 9.48 Å². The lowest BCUT2D eigenvalue weighted by Gasteiger charge is -2.21. The van der Waals surface area contributed by atoms with Crippen LogP contribution >= 0.6 is 0 Å². The second-order valence-electron chi connectivity index (χ2n) is 6.41. The number of aryl methyl sites for hydroxylation is 1. The maximum absolute atomic E-state index is 12.4. The Hall–Kier alpha value is -1.61. The Morgan fingerprint density at radius 2 is 2.21 bits per heavy atom. The molecule has 0 aliphatic carbocycles. The summed E-state index contributed by atoms with van der Waals surface area (Å²) in [5, 5.41) is 7.27. The van der Waals surface area contributed by atoms with Crippen LogP contribution in [-0.4, -0.2) is 59.0 Å². The molecule has 0 spiro atoms. The van der Waals surface area contributed by atoms with Crippen LogP contribution in [0.25, 0.3) is 0 Å². The maximum atomic E-state index is 12.4. The number of hydrogen-bond donors (Lipinski definition) is 1. The van der Waals surface area contributed by atoms with Crippen molar-refractivity contribution < 1.29 is 22.7 Å². The average Bonchev–Trinajstić information content (AvgIpc) is 3.18. The zero-order chi connectivity index (χ0) is 17.3. The van der Waals surface area contributed by atoms with Crippen molar-refractivity contribution in [2.24, 2.45) is 13.0 Å². The van der Waals surface area contributed by atoms with Crippen LogP contribution in [0, 0.1) is 5.92 Å². The first-order valence-electron chi connectivity index (χ1n) is 8.02. The molecule has 2 fully saturated rings. The van der Waals surface area contributed by atoms with Crippen LogP contribution in [0.15, 0.2) is 12.4 Å². The van der Waals surface area contributed by atoms with E-state index in [-0.39, 0.29) is 18.6 Å². The molecule has 1 N–H and O–H groups in total. The molecule has 1 aromatic heterocycles. The van der Waals surface area contributed by atoms with E-state index >= 15 is 0 Å². The molecule has 0 saturated carbocycles. The lowest BCUT2D eigenvalue weighted by molar-refractivity contribution is -0.158. The molecule has 1 amide bonds. The van der Waals surface area contributed by atoms with E-state index in [0.717, 1.165) is 16.9 Å². The van der Waals surface area contributed by atoms with E-state index in [0.29, 0.717) is 19.6 Å². The van der Waals surface area contributed by atoms with Crippen molar-refractivity contribution >= 4 is 5.91 Å². The van der Waals surface area contributed by atoms with Gasteiger partial charge in [0.25, 0.3) is 0 Å². The van der Waals surface area contributed by atoms with Crippen LogP contribution in [0.3, 0.4) is 0 Å². The van der Waals surface area contributed by atoms with Crippen molar-refractivity contribution in [3.63, 3.8) is 0 Å². The summed E-state index contributed by atoms with van der Waals surface area (Å²) in [6.07, 6.45) is 0.465. The standard InChI is InChI=1S/C15H21F3N4O2/c1-21-8-11(7-20-21)13-10(3-5-24-13)6-19-12-2-4-22(14(12)23)9-15(16,17)18/h7-8,10,12-13,19H,2-6,9H2,1H3/t10-,12-,13+/m0/s1. The molecule has 134 valence electrons. The third kappa shape index (κ3) is 3.89. The molecule has 6 nitrogen and oxygen atoms in total. The molecule has 0 radical (unpaired) electrons. The monoisotopic (exact) mass is 346 g/mol. The number of nitrogens with zero attached hydrogens (tertiary/aromatic N) is 3. The third-order valence-corrected chi connectivity index (χ3v) is 4.56. The van der Waals surface area contributed by atoms with E-state index in [1.54, 1.807) is 10.9 Å². The highest BCUT2D eigenvalue weighted by molar-refractivity contribution is 5.84. The van der Waals surface area contributed by atoms with Crippen LogP contribution in [0.5, 0.6) is 0 Å². The number of hydrogen-bond acceptors (Lipinski definition) is 4. The average molecular weight is 346 g/mol. The summed E-state index contributed by atoms with van der Waals surface area (Å²) in [4.78, 5) is 12.9. The van der Waals surface area contributed by atoms with Gasteiger partial charge in [-0.25, -0.2) is 0 Å². The second-order valence-corrected chi connectivity index (χ2v) is 6.41. The van der Waals surface area contributed by atoms with Gasteiger partial charge in [-0.15, -0.1) is 0 Å². The second kappa shape index (κ2) is 6.72. The zero-order valence-corrected chi connectivity index (χ0v) is 13.4. The minimum atomic E-state index is -4.35. The summed E-state index contributed by atoms with van der Waals surface area (Å²) in [7, 11) is 1.83. The quantitative estimate of drug-likeness (QED) is 0.872. The lowest BCUT2D eigenvalue weighted by atomic mass is 9.97. The summed E-state index contributed by atoms with van der Waals surface area (Å²) in [5.74, 6) is -0.289. The molecule has 3 rings (SSSR count). The van der Waals surface area contributed by atoms with Gasteiger partial charge in [0.15, 0.2) is 0 Å². The van der Waals surface area contributed by atoms with Crippen molar-refractivity contribution in [3.8, 4) is 0 Å². The van der Waals surface area contributed by atoms with E-state index in [1.165, 1.54) is 0 Å². The highest BCUT2D eigenvalue weighted by Gasteiger charge is 2.40. The summed E-state index contributed by atoms with van der Waals surface area (Å²) in [6, 6.07) is -0.539. The smallest absolute Gasteiger partial charge is 0.373 e. The predicted molar refractivity (Wildman–Crippen MR) is 79.1 cm³/mol. The minimum Gasteiger partial charge on any atom is -0.373 e. The molecular weight excluding hydrogens is 325 g/mol. The van der Waals surface area contributed by atoms with Gasteiger partial charge in [-0.05, 0) is 12.8 Å². The SMILES string of the molecule is Cn1cc([C@@H]2OCC[C@H]2CN[C@H]2CCN(CC(F)(F)F)C2=O)cn1. The molecule has 2 aliphatic rings. The molecule has 1 aromatic rings. The number of halogens is 3. The number of aromatic nitrogens is 2. The largest absolute Gasteiger partial charge is 0.406 e. The van der Waals surface area contributed by atoms with Crippen molar-refractivity contribution in [2.75, 3.05) is 26.2 Å². The number of amides is 1. The van der Waals surface area contributed by atoms with Gasteiger partial charge >= 0.3 is 6.18 Å². The fourth-order valence-corrected chi connectivity index (χ4v) is 3.39. The number of carbonyl (C=O) groups excluding carboxylic acids is 1. The number of nitrogens with one attached hydrogen (secondary N) is 1. The van der Waals surface area contributed by atoms with Crippen LogP contribution in [0.2, 0.25) is 0 Å². The molecule has 24 heavy (non-hydrogen) atoms. The Morgan fingerprint density at radius 3 is 2.88 bits per heavy atom. The molecule has 0 bridgehead atoms.